The van der Waals surface area contributed by atoms with E-state index in [1.807, 2.05) is 0 Å². The maximum absolute atomic E-state index is 9.96. The molecule has 0 aromatic rings. The van der Waals surface area contributed by atoms with Crippen molar-refractivity contribution >= 4 is 0 Å². The molecule has 0 aromatic carbocycles. The number of rotatable bonds is 5. The lowest BCUT2D eigenvalue weighted by Crippen LogP contribution is -3.15. The highest BCUT2D eigenvalue weighted by atomic mass is 16.5. The molecule has 2 N–H and O–H groups in total. The van der Waals surface area contributed by atoms with E-state index in [-0.39, 0.29) is 6.10 Å². The summed E-state index contributed by atoms with van der Waals surface area (Å²) >= 11 is 0. The van der Waals surface area contributed by atoms with Gasteiger partial charge in [0.2, 0.25) is 0 Å². The maximum atomic E-state index is 9.96. The number of aliphatic hydroxyl groups is 1. The van der Waals surface area contributed by atoms with E-state index in [2.05, 4.69) is 6.92 Å². The summed E-state index contributed by atoms with van der Waals surface area (Å²) in [5.74, 6) is 0.665. The Morgan fingerprint density at radius 2 is 2.12 bits per heavy atom. The van der Waals surface area contributed by atoms with E-state index in [1.54, 1.807) is 0 Å². The molecule has 3 atom stereocenters. The summed E-state index contributed by atoms with van der Waals surface area (Å²) in [6.07, 6.45) is 3.77. The molecule has 0 amide bonds. The molecular weight excluding hydrogens is 218 g/mol. The van der Waals surface area contributed by atoms with E-state index in [0.717, 1.165) is 39.3 Å². The molecule has 1 saturated heterocycles. The minimum absolute atomic E-state index is 0.323. The molecule has 4 nitrogen and oxygen atoms in total. The molecule has 0 spiro atoms. The fraction of sp³-hybridized carbons (Fsp3) is 1.00. The van der Waals surface area contributed by atoms with Gasteiger partial charge in [-0.05, 0) is 18.8 Å². The van der Waals surface area contributed by atoms with Gasteiger partial charge in [-0.1, -0.05) is 13.3 Å². The van der Waals surface area contributed by atoms with Crippen molar-refractivity contribution in [3.63, 3.8) is 0 Å². The molecule has 1 aliphatic carbocycles. The summed E-state index contributed by atoms with van der Waals surface area (Å²) in [4.78, 5) is 1.44. The topological polar surface area (TPSA) is 43.1 Å². The lowest BCUT2D eigenvalue weighted by molar-refractivity contribution is -0.911. The zero-order valence-corrected chi connectivity index (χ0v) is 10.9. The summed E-state index contributed by atoms with van der Waals surface area (Å²) < 4.78 is 11.1. The third-order valence-electron chi connectivity index (χ3n) is 4.01. The van der Waals surface area contributed by atoms with Crippen LogP contribution in [0.1, 0.15) is 26.2 Å². The first-order chi connectivity index (χ1) is 8.25. The van der Waals surface area contributed by atoms with Crippen LogP contribution >= 0.6 is 0 Å². The molecule has 4 heteroatoms. The van der Waals surface area contributed by atoms with E-state index >= 15 is 0 Å². The van der Waals surface area contributed by atoms with Crippen molar-refractivity contribution in [2.45, 2.75) is 38.4 Å². The molecule has 2 aliphatic rings. The Balaban J connectivity index is 1.61. The predicted octanol–water partition coefficient (Wildman–Crippen LogP) is -0.532. The van der Waals surface area contributed by atoms with Crippen LogP contribution in [0.4, 0.5) is 0 Å². The lowest BCUT2D eigenvalue weighted by Gasteiger charge is -2.26. The minimum Gasteiger partial charge on any atom is -0.385 e. The highest BCUT2D eigenvalue weighted by molar-refractivity contribution is 4.74. The number of hydrogen-bond acceptors (Lipinski definition) is 3. The van der Waals surface area contributed by atoms with E-state index in [0.29, 0.717) is 18.6 Å². The van der Waals surface area contributed by atoms with Crippen LogP contribution in [0.2, 0.25) is 0 Å². The van der Waals surface area contributed by atoms with Gasteiger partial charge in [0.25, 0.3) is 0 Å². The highest BCUT2D eigenvalue weighted by Crippen LogP contribution is 2.27. The van der Waals surface area contributed by atoms with Gasteiger partial charge in [0, 0.05) is 0 Å². The van der Waals surface area contributed by atoms with Crippen LogP contribution in [0.15, 0.2) is 0 Å². The number of aliphatic hydroxyl groups excluding tert-OH is 1. The smallest absolute Gasteiger partial charge is 0.126 e. The fourth-order valence-electron chi connectivity index (χ4n) is 2.85. The molecule has 17 heavy (non-hydrogen) atoms. The molecule has 0 aromatic heterocycles. The molecule has 100 valence electrons. The van der Waals surface area contributed by atoms with E-state index in [1.165, 1.54) is 17.7 Å². The van der Waals surface area contributed by atoms with Gasteiger partial charge in [-0.15, -0.1) is 0 Å². The van der Waals surface area contributed by atoms with Crippen LogP contribution in [-0.4, -0.2) is 56.8 Å². The molecule has 1 saturated carbocycles. The normalized spacial score (nSPS) is 32.8. The van der Waals surface area contributed by atoms with Gasteiger partial charge in [-0.25, -0.2) is 0 Å². The number of hydrogen-bond donors (Lipinski definition) is 2. The van der Waals surface area contributed by atoms with Crippen molar-refractivity contribution in [3.8, 4) is 0 Å². The monoisotopic (exact) mass is 244 g/mol. The average molecular weight is 244 g/mol. The molecule has 0 bridgehead atoms. The van der Waals surface area contributed by atoms with Crippen LogP contribution in [0, 0.1) is 5.92 Å². The standard InChI is InChI=1S/C13H25NO3/c1-11-3-2-4-13(11)17-10-12(15)9-14-5-7-16-8-6-14/h11-13,15H,2-10H2,1H3/p+1/t11-,12-,13-/m0/s1. The van der Waals surface area contributed by atoms with Gasteiger partial charge in [0.15, 0.2) is 0 Å². The average Bonchev–Trinajstić information content (AvgIpc) is 2.74. The number of morpholine rings is 1. The molecule has 2 fully saturated rings. The Morgan fingerprint density at radius 1 is 1.35 bits per heavy atom. The van der Waals surface area contributed by atoms with Crippen LogP contribution in [-0.2, 0) is 9.47 Å². The first kappa shape index (κ1) is 13.3. The van der Waals surface area contributed by atoms with Crippen molar-refractivity contribution in [1.82, 2.24) is 0 Å². The van der Waals surface area contributed by atoms with Crippen molar-refractivity contribution in [2.75, 3.05) is 39.5 Å². The second kappa shape index (κ2) is 6.69. The second-order valence-corrected chi connectivity index (χ2v) is 5.50. The van der Waals surface area contributed by atoms with Crippen molar-refractivity contribution in [1.29, 1.82) is 0 Å². The molecule has 2 rings (SSSR count). The predicted molar refractivity (Wildman–Crippen MR) is 65.1 cm³/mol. The Kier molecular flexibility index (Phi) is 5.22. The third kappa shape index (κ3) is 4.21. The van der Waals surface area contributed by atoms with Gasteiger partial charge in [0.1, 0.15) is 25.7 Å². The Labute approximate surface area is 104 Å². The quantitative estimate of drug-likeness (QED) is 0.683. The van der Waals surface area contributed by atoms with Gasteiger partial charge in [-0.3, -0.25) is 0 Å². The number of ether oxygens (including phenoxy) is 2. The van der Waals surface area contributed by atoms with E-state index in [4.69, 9.17) is 9.47 Å². The van der Waals surface area contributed by atoms with E-state index in [9.17, 15) is 5.11 Å². The molecule has 0 radical (unpaired) electrons. The van der Waals surface area contributed by atoms with Crippen LogP contribution in [0.25, 0.3) is 0 Å². The summed E-state index contributed by atoms with van der Waals surface area (Å²) in [5, 5.41) is 9.96. The van der Waals surface area contributed by atoms with Gasteiger partial charge in [0.05, 0.1) is 25.9 Å². The Hall–Kier alpha value is -0.160. The van der Waals surface area contributed by atoms with Crippen LogP contribution in [0.3, 0.4) is 0 Å². The number of nitrogens with one attached hydrogen (secondary N) is 1. The largest absolute Gasteiger partial charge is 0.385 e. The number of quaternary nitrogens is 1. The minimum atomic E-state index is -0.323. The Bertz CT molecular complexity index is 219. The fourth-order valence-corrected chi connectivity index (χ4v) is 2.85. The third-order valence-corrected chi connectivity index (χ3v) is 4.01. The summed E-state index contributed by atoms with van der Waals surface area (Å²) in [7, 11) is 0. The maximum Gasteiger partial charge on any atom is 0.126 e. The summed E-state index contributed by atoms with van der Waals surface area (Å²) in [6.45, 7) is 7.21. The lowest BCUT2D eigenvalue weighted by atomic mass is 10.1. The van der Waals surface area contributed by atoms with Gasteiger partial charge < -0.3 is 19.5 Å². The van der Waals surface area contributed by atoms with Gasteiger partial charge >= 0.3 is 0 Å². The zero-order valence-electron chi connectivity index (χ0n) is 10.9. The first-order valence-corrected chi connectivity index (χ1v) is 6.96. The molecular formula is C13H26NO3+. The van der Waals surface area contributed by atoms with E-state index < -0.39 is 0 Å². The van der Waals surface area contributed by atoms with Crippen LogP contribution in [0.5, 0.6) is 0 Å². The molecule has 0 unspecified atom stereocenters. The zero-order chi connectivity index (χ0) is 12.1. The summed E-state index contributed by atoms with van der Waals surface area (Å²) in [6, 6.07) is 0. The van der Waals surface area contributed by atoms with Gasteiger partial charge in [-0.2, -0.15) is 0 Å². The first-order valence-electron chi connectivity index (χ1n) is 6.96. The second-order valence-electron chi connectivity index (χ2n) is 5.50. The van der Waals surface area contributed by atoms with Crippen LogP contribution < -0.4 is 4.90 Å². The molecule has 1 heterocycles. The van der Waals surface area contributed by atoms with Crippen molar-refractivity contribution in [2.24, 2.45) is 5.92 Å². The van der Waals surface area contributed by atoms with Crippen molar-refractivity contribution < 1.29 is 19.5 Å². The SMILES string of the molecule is C[C@H]1CCC[C@@H]1OC[C@@H](O)C[NH+]1CCOCC1. The summed E-state index contributed by atoms with van der Waals surface area (Å²) in [5.41, 5.74) is 0. The molecule has 1 aliphatic heterocycles. The highest BCUT2D eigenvalue weighted by Gasteiger charge is 2.25. The Morgan fingerprint density at radius 3 is 2.76 bits per heavy atom. The van der Waals surface area contributed by atoms with Crippen molar-refractivity contribution in [3.05, 3.63) is 0 Å².